The molecular weight excluding hydrogens is 336 g/mol. The number of hydrogen-bond donors (Lipinski definition) is 1. The standard InChI is InChI=1S/C18H24N4O2S/c1-11-6-4-7-12(2)21(11)17(23)13(3)22-18(24)14(19)10-15(20-22)16-8-5-9-25-16/h5,8-13H,4,6-7,19H2,1-3H3/t11-,12-,13+/m1/s1. The Kier molecular flexibility index (Phi) is 4.94. The van der Waals surface area contributed by atoms with Crippen LogP contribution in [0.15, 0.2) is 28.4 Å². The number of nitrogen functional groups attached to an aromatic ring is 1. The Balaban J connectivity index is 1.97. The fraction of sp³-hybridized carbons (Fsp3) is 0.500. The number of carbonyl (C=O) groups is 1. The molecule has 1 fully saturated rings. The Labute approximate surface area is 151 Å². The van der Waals surface area contributed by atoms with Gasteiger partial charge in [-0.15, -0.1) is 11.3 Å². The number of anilines is 1. The number of hydrogen-bond acceptors (Lipinski definition) is 5. The number of piperidine rings is 1. The highest BCUT2D eigenvalue weighted by atomic mass is 32.1. The zero-order valence-corrected chi connectivity index (χ0v) is 15.6. The van der Waals surface area contributed by atoms with Crippen molar-refractivity contribution in [2.45, 2.75) is 58.2 Å². The summed E-state index contributed by atoms with van der Waals surface area (Å²) in [6.07, 6.45) is 3.10. The van der Waals surface area contributed by atoms with Crippen LogP contribution in [-0.4, -0.2) is 32.7 Å². The van der Waals surface area contributed by atoms with Gasteiger partial charge >= 0.3 is 0 Å². The first-order chi connectivity index (χ1) is 11.9. The normalized spacial score (nSPS) is 22.0. The maximum atomic E-state index is 13.1. The average Bonchev–Trinajstić information content (AvgIpc) is 3.11. The summed E-state index contributed by atoms with van der Waals surface area (Å²) >= 11 is 1.52. The lowest BCUT2D eigenvalue weighted by molar-refractivity contribution is -0.140. The summed E-state index contributed by atoms with van der Waals surface area (Å²) in [5.41, 5.74) is 6.21. The van der Waals surface area contributed by atoms with Crippen LogP contribution in [0.4, 0.5) is 5.69 Å². The van der Waals surface area contributed by atoms with Crippen molar-refractivity contribution in [1.82, 2.24) is 14.7 Å². The predicted molar refractivity (Wildman–Crippen MR) is 101 cm³/mol. The van der Waals surface area contributed by atoms with E-state index in [0.29, 0.717) is 5.69 Å². The van der Waals surface area contributed by atoms with Crippen molar-refractivity contribution in [1.29, 1.82) is 0 Å². The van der Waals surface area contributed by atoms with Gasteiger partial charge in [0.05, 0.1) is 4.88 Å². The topological polar surface area (TPSA) is 81.2 Å². The Morgan fingerprint density at radius 1 is 1.36 bits per heavy atom. The van der Waals surface area contributed by atoms with E-state index in [-0.39, 0.29) is 23.7 Å². The van der Waals surface area contributed by atoms with Gasteiger partial charge in [0.15, 0.2) is 0 Å². The maximum Gasteiger partial charge on any atom is 0.290 e. The van der Waals surface area contributed by atoms with Crippen LogP contribution in [0.1, 0.15) is 46.1 Å². The van der Waals surface area contributed by atoms with Crippen LogP contribution in [0.2, 0.25) is 0 Å². The Bertz CT molecular complexity index is 805. The van der Waals surface area contributed by atoms with Crippen molar-refractivity contribution < 1.29 is 4.79 Å². The monoisotopic (exact) mass is 360 g/mol. The molecule has 0 aliphatic carbocycles. The van der Waals surface area contributed by atoms with Crippen molar-refractivity contribution in [3.8, 4) is 10.6 Å². The molecule has 0 saturated carbocycles. The van der Waals surface area contributed by atoms with Crippen LogP contribution in [0.5, 0.6) is 0 Å². The molecule has 3 heterocycles. The van der Waals surface area contributed by atoms with Gasteiger partial charge in [-0.25, -0.2) is 4.68 Å². The first-order valence-electron chi connectivity index (χ1n) is 8.65. The van der Waals surface area contributed by atoms with Crippen LogP contribution in [0, 0.1) is 0 Å². The molecule has 0 spiro atoms. The van der Waals surface area contributed by atoms with Gasteiger partial charge in [-0.1, -0.05) is 6.07 Å². The molecule has 1 aliphatic rings. The summed E-state index contributed by atoms with van der Waals surface area (Å²) in [5, 5.41) is 6.37. The zero-order chi connectivity index (χ0) is 18.1. The predicted octanol–water partition coefficient (Wildman–Crippen LogP) is 2.90. The third-order valence-corrected chi connectivity index (χ3v) is 5.80. The SMILES string of the molecule is C[C@@H]1CCC[C@@H](C)N1C(=O)[C@H](C)n1nc(-c2cccs2)cc(N)c1=O. The molecule has 0 aromatic carbocycles. The third kappa shape index (κ3) is 3.33. The van der Waals surface area contributed by atoms with Crippen molar-refractivity contribution in [2.75, 3.05) is 5.73 Å². The molecule has 0 unspecified atom stereocenters. The summed E-state index contributed by atoms with van der Waals surface area (Å²) in [7, 11) is 0. The molecule has 2 N–H and O–H groups in total. The summed E-state index contributed by atoms with van der Waals surface area (Å²) in [6, 6.07) is 5.08. The highest BCUT2D eigenvalue weighted by Crippen LogP contribution is 2.26. The van der Waals surface area contributed by atoms with Gasteiger partial charge in [0, 0.05) is 12.1 Å². The van der Waals surface area contributed by atoms with Gasteiger partial charge in [0.1, 0.15) is 17.4 Å². The first-order valence-corrected chi connectivity index (χ1v) is 9.53. The van der Waals surface area contributed by atoms with Crippen molar-refractivity contribution in [3.63, 3.8) is 0 Å². The maximum absolute atomic E-state index is 13.1. The minimum atomic E-state index is -0.683. The summed E-state index contributed by atoms with van der Waals surface area (Å²) in [6.45, 7) is 5.85. The molecule has 134 valence electrons. The first kappa shape index (κ1) is 17.7. The van der Waals surface area contributed by atoms with E-state index < -0.39 is 11.6 Å². The van der Waals surface area contributed by atoms with Crippen LogP contribution < -0.4 is 11.3 Å². The van der Waals surface area contributed by atoms with Crippen LogP contribution in [0.3, 0.4) is 0 Å². The largest absolute Gasteiger partial charge is 0.394 e. The number of nitrogens with zero attached hydrogens (tertiary/aromatic N) is 3. The molecule has 3 rings (SSSR count). The lowest BCUT2D eigenvalue weighted by Gasteiger charge is -2.40. The molecule has 6 nitrogen and oxygen atoms in total. The van der Waals surface area contributed by atoms with E-state index in [1.807, 2.05) is 22.4 Å². The molecular formula is C18H24N4O2S. The summed E-state index contributed by atoms with van der Waals surface area (Å²) in [4.78, 5) is 28.4. The second-order valence-electron chi connectivity index (χ2n) is 6.76. The number of rotatable bonds is 3. The minimum absolute atomic E-state index is 0.0722. The van der Waals surface area contributed by atoms with Crippen LogP contribution >= 0.6 is 11.3 Å². The number of amides is 1. The minimum Gasteiger partial charge on any atom is -0.394 e. The van der Waals surface area contributed by atoms with Gasteiger partial charge in [-0.05, 0) is 57.5 Å². The number of aromatic nitrogens is 2. The second-order valence-corrected chi connectivity index (χ2v) is 7.71. The van der Waals surface area contributed by atoms with Crippen LogP contribution in [0.25, 0.3) is 10.6 Å². The molecule has 3 atom stereocenters. The number of nitrogens with two attached hydrogens (primary N) is 1. The Morgan fingerprint density at radius 3 is 2.64 bits per heavy atom. The molecule has 2 aromatic rings. The van der Waals surface area contributed by atoms with Gasteiger partial charge in [-0.2, -0.15) is 5.10 Å². The highest BCUT2D eigenvalue weighted by molar-refractivity contribution is 7.13. The zero-order valence-electron chi connectivity index (χ0n) is 14.8. The van der Waals surface area contributed by atoms with Crippen molar-refractivity contribution >= 4 is 22.9 Å². The summed E-state index contributed by atoms with van der Waals surface area (Å²) < 4.78 is 1.24. The fourth-order valence-electron chi connectivity index (χ4n) is 3.51. The molecule has 1 amide bonds. The Morgan fingerprint density at radius 2 is 2.04 bits per heavy atom. The van der Waals surface area contributed by atoms with Crippen molar-refractivity contribution in [2.24, 2.45) is 0 Å². The van der Waals surface area contributed by atoms with Gasteiger partial charge in [0.2, 0.25) is 5.91 Å². The summed E-state index contributed by atoms with van der Waals surface area (Å²) in [5.74, 6) is -0.0722. The third-order valence-electron chi connectivity index (χ3n) is 4.91. The molecule has 0 bridgehead atoms. The lowest BCUT2D eigenvalue weighted by Crippen LogP contribution is -2.51. The molecule has 25 heavy (non-hydrogen) atoms. The van der Waals surface area contributed by atoms with E-state index in [9.17, 15) is 9.59 Å². The fourth-order valence-corrected chi connectivity index (χ4v) is 4.20. The second kappa shape index (κ2) is 7.00. The van der Waals surface area contributed by atoms with Gasteiger partial charge in [-0.3, -0.25) is 9.59 Å². The van der Waals surface area contributed by atoms with E-state index >= 15 is 0 Å². The number of likely N-dealkylation sites (tertiary alicyclic amines) is 1. The lowest BCUT2D eigenvalue weighted by atomic mass is 9.96. The van der Waals surface area contributed by atoms with Crippen LogP contribution in [-0.2, 0) is 4.79 Å². The van der Waals surface area contributed by atoms with E-state index in [0.717, 1.165) is 24.1 Å². The molecule has 1 aliphatic heterocycles. The molecule has 7 heteroatoms. The quantitative estimate of drug-likeness (QED) is 0.912. The van der Waals surface area contributed by atoms with E-state index in [2.05, 4.69) is 18.9 Å². The smallest absolute Gasteiger partial charge is 0.290 e. The molecule has 2 aromatic heterocycles. The molecule has 0 radical (unpaired) electrons. The highest BCUT2D eigenvalue weighted by Gasteiger charge is 2.33. The van der Waals surface area contributed by atoms with E-state index in [1.54, 1.807) is 13.0 Å². The van der Waals surface area contributed by atoms with E-state index in [4.69, 9.17) is 5.73 Å². The Hall–Kier alpha value is -2.15. The van der Waals surface area contributed by atoms with Gasteiger partial charge in [0.25, 0.3) is 5.56 Å². The van der Waals surface area contributed by atoms with E-state index in [1.165, 1.54) is 16.0 Å². The average molecular weight is 360 g/mol. The van der Waals surface area contributed by atoms with Gasteiger partial charge < -0.3 is 10.6 Å². The number of carbonyl (C=O) groups excluding carboxylic acids is 1. The van der Waals surface area contributed by atoms with Crippen molar-refractivity contribution in [3.05, 3.63) is 33.9 Å². The molecule has 1 saturated heterocycles. The number of thiophene rings is 1.